The second-order valence-electron chi connectivity index (χ2n) is 4.80. The van der Waals surface area contributed by atoms with Gasteiger partial charge in [0, 0.05) is 12.6 Å². The molecule has 19 heavy (non-hydrogen) atoms. The van der Waals surface area contributed by atoms with Crippen LogP contribution in [-0.2, 0) is 11.2 Å². The minimum absolute atomic E-state index is 0.0684. The van der Waals surface area contributed by atoms with E-state index in [1.54, 1.807) is 0 Å². The number of amides is 1. The number of hydrogen-bond donors (Lipinski definition) is 2. The van der Waals surface area contributed by atoms with E-state index in [0.717, 1.165) is 25.0 Å². The van der Waals surface area contributed by atoms with E-state index in [0.29, 0.717) is 12.6 Å². The van der Waals surface area contributed by atoms with E-state index in [-0.39, 0.29) is 12.5 Å². The van der Waals surface area contributed by atoms with Gasteiger partial charge >= 0.3 is 0 Å². The highest BCUT2D eigenvalue weighted by atomic mass is 16.5. The number of fused-ring (bicyclic) bond motifs is 1. The molecule has 1 aliphatic carbocycles. The van der Waals surface area contributed by atoms with Gasteiger partial charge in [-0.1, -0.05) is 12.1 Å². The van der Waals surface area contributed by atoms with Crippen molar-refractivity contribution in [1.29, 1.82) is 0 Å². The Labute approximate surface area is 114 Å². The fourth-order valence-corrected chi connectivity index (χ4v) is 2.64. The van der Waals surface area contributed by atoms with Crippen molar-refractivity contribution in [3.63, 3.8) is 0 Å². The van der Waals surface area contributed by atoms with Crippen LogP contribution in [0, 0.1) is 0 Å². The van der Waals surface area contributed by atoms with Gasteiger partial charge in [-0.2, -0.15) is 0 Å². The summed E-state index contributed by atoms with van der Waals surface area (Å²) in [6.07, 6.45) is 3.34. The van der Waals surface area contributed by atoms with Crippen molar-refractivity contribution in [2.45, 2.75) is 32.2 Å². The predicted octanol–water partition coefficient (Wildman–Crippen LogP) is 1.80. The van der Waals surface area contributed by atoms with Crippen molar-refractivity contribution in [3.8, 4) is 5.75 Å². The molecule has 1 atom stereocenters. The van der Waals surface area contributed by atoms with E-state index in [4.69, 9.17) is 4.74 Å². The maximum absolute atomic E-state index is 11.5. The number of likely N-dealkylation sites (N-methyl/N-ethyl adjacent to an activating group) is 1. The Morgan fingerprint density at radius 1 is 1.47 bits per heavy atom. The number of hydrogen-bond acceptors (Lipinski definition) is 3. The van der Waals surface area contributed by atoms with Crippen LogP contribution in [0.3, 0.4) is 0 Å². The monoisotopic (exact) mass is 262 g/mol. The Bertz CT molecular complexity index is 446. The van der Waals surface area contributed by atoms with Gasteiger partial charge in [-0.3, -0.25) is 4.79 Å². The maximum atomic E-state index is 11.5. The Hall–Kier alpha value is -1.55. The minimum atomic E-state index is -0.0684. The summed E-state index contributed by atoms with van der Waals surface area (Å²) in [5.74, 6) is 0.782. The molecule has 0 spiro atoms. The van der Waals surface area contributed by atoms with E-state index in [2.05, 4.69) is 16.7 Å². The summed E-state index contributed by atoms with van der Waals surface area (Å²) in [5.41, 5.74) is 2.56. The molecule has 1 aromatic rings. The molecule has 2 N–H and O–H groups in total. The first kappa shape index (κ1) is 13.9. The van der Waals surface area contributed by atoms with Crippen molar-refractivity contribution in [3.05, 3.63) is 29.3 Å². The smallest absolute Gasteiger partial charge is 0.257 e. The van der Waals surface area contributed by atoms with Crippen LogP contribution in [-0.4, -0.2) is 26.1 Å². The largest absolute Gasteiger partial charge is 0.483 e. The third-order valence-electron chi connectivity index (χ3n) is 3.55. The molecule has 4 nitrogen and oxygen atoms in total. The summed E-state index contributed by atoms with van der Waals surface area (Å²) in [4.78, 5) is 11.5. The van der Waals surface area contributed by atoms with Gasteiger partial charge in [-0.25, -0.2) is 0 Å². The molecule has 0 saturated carbocycles. The van der Waals surface area contributed by atoms with E-state index in [1.165, 1.54) is 11.1 Å². The molecule has 1 amide bonds. The van der Waals surface area contributed by atoms with E-state index in [1.807, 2.05) is 26.1 Å². The van der Waals surface area contributed by atoms with Crippen LogP contribution < -0.4 is 15.4 Å². The average molecular weight is 262 g/mol. The first-order chi connectivity index (χ1) is 9.26. The molecule has 0 heterocycles. The lowest BCUT2D eigenvalue weighted by molar-refractivity contribution is -0.122. The third kappa shape index (κ3) is 3.26. The summed E-state index contributed by atoms with van der Waals surface area (Å²) in [6, 6.07) is 6.50. The Morgan fingerprint density at radius 3 is 3.05 bits per heavy atom. The van der Waals surface area contributed by atoms with Crippen LogP contribution in [0.4, 0.5) is 0 Å². The molecule has 4 heteroatoms. The normalized spacial score (nSPS) is 17.7. The van der Waals surface area contributed by atoms with Gasteiger partial charge in [0.15, 0.2) is 6.61 Å². The number of nitrogens with one attached hydrogen (secondary N) is 2. The summed E-state index contributed by atoms with van der Waals surface area (Å²) in [5, 5.41) is 6.08. The van der Waals surface area contributed by atoms with Crippen LogP contribution in [0.5, 0.6) is 5.75 Å². The first-order valence-corrected chi connectivity index (χ1v) is 6.94. The highest BCUT2D eigenvalue weighted by Gasteiger charge is 2.21. The molecule has 0 saturated heterocycles. The van der Waals surface area contributed by atoms with Gasteiger partial charge in [0.2, 0.25) is 0 Å². The minimum Gasteiger partial charge on any atom is -0.483 e. The molecule has 104 valence electrons. The maximum Gasteiger partial charge on any atom is 0.257 e. The van der Waals surface area contributed by atoms with Gasteiger partial charge in [-0.05, 0) is 50.4 Å². The molecular formula is C15H22N2O2. The van der Waals surface area contributed by atoms with Crippen LogP contribution in [0.2, 0.25) is 0 Å². The Kier molecular flexibility index (Phi) is 4.80. The molecule has 1 unspecified atom stereocenters. The number of rotatable bonds is 5. The molecule has 1 aliphatic rings. The van der Waals surface area contributed by atoms with Crippen LogP contribution in [0.1, 0.15) is 36.9 Å². The molecule has 0 radical (unpaired) electrons. The van der Waals surface area contributed by atoms with Gasteiger partial charge in [0.25, 0.3) is 5.91 Å². The molecule has 0 aliphatic heterocycles. The summed E-state index contributed by atoms with van der Waals surface area (Å²) < 4.78 is 5.67. The fraction of sp³-hybridized carbons (Fsp3) is 0.533. The van der Waals surface area contributed by atoms with E-state index in [9.17, 15) is 4.79 Å². The summed E-state index contributed by atoms with van der Waals surface area (Å²) in [6.45, 7) is 2.63. The van der Waals surface area contributed by atoms with Crippen molar-refractivity contribution >= 4 is 5.91 Å². The molecule has 0 bridgehead atoms. The van der Waals surface area contributed by atoms with E-state index < -0.39 is 0 Å². The Morgan fingerprint density at radius 2 is 2.32 bits per heavy atom. The number of carbonyl (C=O) groups excluding carboxylic acids is 1. The lowest BCUT2D eigenvalue weighted by atomic mass is 9.87. The zero-order valence-electron chi connectivity index (χ0n) is 11.7. The Balaban J connectivity index is 2.11. The third-order valence-corrected chi connectivity index (χ3v) is 3.55. The van der Waals surface area contributed by atoms with Crippen molar-refractivity contribution in [2.24, 2.45) is 0 Å². The second kappa shape index (κ2) is 6.57. The van der Waals surface area contributed by atoms with Gasteiger partial charge < -0.3 is 15.4 Å². The topological polar surface area (TPSA) is 50.4 Å². The lowest BCUT2D eigenvalue weighted by Gasteiger charge is -2.26. The lowest BCUT2D eigenvalue weighted by Crippen LogP contribution is -2.29. The number of benzene rings is 1. The van der Waals surface area contributed by atoms with Gasteiger partial charge in [0.05, 0.1) is 0 Å². The standard InChI is InChI=1S/C15H22N2O2/c1-3-17-15(18)10-19-14-9-5-6-11-12(14)7-4-8-13(11)16-2/h5-6,9,13,16H,3-4,7-8,10H2,1-2H3,(H,17,18). The van der Waals surface area contributed by atoms with Crippen molar-refractivity contribution < 1.29 is 9.53 Å². The summed E-state index contributed by atoms with van der Waals surface area (Å²) in [7, 11) is 1.99. The predicted molar refractivity (Wildman–Crippen MR) is 75.4 cm³/mol. The van der Waals surface area contributed by atoms with E-state index >= 15 is 0 Å². The number of carbonyl (C=O) groups is 1. The zero-order chi connectivity index (χ0) is 13.7. The SMILES string of the molecule is CCNC(=O)COc1cccc2c1CCCC2NC. The van der Waals surface area contributed by atoms with Crippen LogP contribution in [0.15, 0.2) is 18.2 Å². The fourth-order valence-electron chi connectivity index (χ4n) is 2.64. The van der Waals surface area contributed by atoms with Crippen LogP contribution >= 0.6 is 0 Å². The molecule has 0 aromatic heterocycles. The molecule has 2 rings (SSSR count). The first-order valence-electron chi connectivity index (χ1n) is 6.94. The highest BCUT2D eigenvalue weighted by molar-refractivity contribution is 5.77. The number of ether oxygens (including phenoxy) is 1. The van der Waals surface area contributed by atoms with Crippen LogP contribution in [0.25, 0.3) is 0 Å². The van der Waals surface area contributed by atoms with Gasteiger partial charge in [-0.15, -0.1) is 0 Å². The summed E-state index contributed by atoms with van der Waals surface area (Å²) >= 11 is 0. The quantitative estimate of drug-likeness (QED) is 0.850. The van der Waals surface area contributed by atoms with Crippen molar-refractivity contribution in [2.75, 3.05) is 20.2 Å². The molecule has 1 aromatic carbocycles. The average Bonchev–Trinajstić information content (AvgIpc) is 2.44. The second-order valence-corrected chi connectivity index (χ2v) is 4.80. The molecule has 0 fully saturated rings. The van der Waals surface area contributed by atoms with Crippen molar-refractivity contribution in [1.82, 2.24) is 10.6 Å². The zero-order valence-corrected chi connectivity index (χ0v) is 11.7. The highest BCUT2D eigenvalue weighted by Crippen LogP contribution is 2.34. The van der Waals surface area contributed by atoms with Gasteiger partial charge in [0.1, 0.15) is 5.75 Å². The molecular weight excluding hydrogens is 240 g/mol.